The minimum atomic E-state index is -0.295. The lowest BCUT2D eigenvalue weighted by Crippen LogP contribution is -2.13. The summed E-state index contributed by atoms with van der Waals surface area (Å²) in [6.45, 7) is 2.07. The second kappa shape index (κ2) is 8.01. The highest BCUT2D eigenvalue weighted by atomic mass is 32.1. The van der Waals surface area contributed by atoms with Gasteiger partial charge in [-0.05, 0) is 19.1 Å². The summed E-state index contributed by atoms with van der Waals surface area (Å²) in [5.41, 5.74) is 2.42. The molecule has 4 aromatic rings. The van der Waals surface area contributed by atoms with Crippen LogP contribution in [0, 0.1) is 6.92 Å². The molecule has 8 heteroatoms. The minimum absolute atomic E-state index is 0.0560. The van der Waals surface area contributed by atoms with Crippen LogP contribution < -0.4 is 10.1 Å². The molecule has 2 heterocycles. The van der Waals surface area contributed by atoms with E-state index in [0.717, 1.165) is 11.1 Å². The molecule has 0 radical (unpaired) electrons. The highest BCUT2D eigenvalue weighted by Gasteiger charge is 2.15. The largest absolute Gasteiger partial charge is 0.483 e. The monoisotopic (exact) mass is 392 g/mol. The number of rotatable bonds is 6. The van der Waals surface area contributed by atoms with Crippen LogP contribution >= 0.6 is 11.3 Å². The van der Waals surface area contributed by atoms with Crippen molar-refractivity contribution in [1.29, 1.82) is 0 Å². The molecule has 0 fully saturated rings. The average molecular weight is 392 g/mol. The highest BCUT2D eigenvalue weighted by molar-refractivity contribution is 7.13. The molecule has 2 aromatic heterocycles. The van der Waals surface area contributed by atoms with Gasteiger partial charge < -0.3 is 9.26 Å². The Labute approximate surface area is 165 Å². The maximum absolute atomic E-state index is 12.5. The van der Waals surface area contributed by atoms with Crippen LogP contribution in [0.2, 0.25) is 0 Å². The van der Waals surface area contributed by atoms with Crippen molar-refractivity contribution in [2.24, 2.45) is 0 Å². The fourth-order valence-corrected chi connectivity index (χ4v) is 3.03. The van der Waals surface area contributed by atoms with Crippen LogP contribution in [-0.4, -0.2) is 21.0 Å². The molecule has 1 amide bonds. The molecule has 140 valence electrons. The molecule has 0 bridgehead atoms. The Hall–Kier alpha value is -3.52. The lowest BCUT2D eigenvalue weighted by atomic mass is 10.1. The van der Waals surface area contributed by atoms with Gasteiger partial charge in [0.1, 0.15) is 5.75 Å². The number of carbonyl (C=O) groups is 1. The number of carbonyl (C=O) groups excluding carboxylic acids is 1. The summed E-state index contributed by atoms with van der Waals surface area (Å²) in [5, 5.41) is 9.05. The normalized spacial score (nSPS) is 10.6. The zero-order chi connectivity index (χ0) is 19.3. The van der Waals surface area contributed by atoms with Crippen molar-refractivity contribution < 1.29 is 14.1 Å². The summed E-state index contributed by atoms with van der Waals surface area (Å²) >= 11 is 1.35. The van der Waals surface area contributed by atoms with Crippen molar-refractivity contribution in [1.82, 2.24) is 15.1 Å². The van der Waals surface area contributed by atoms with Crippen molar-refractivity contribution in [2.75, 3.05) is 5.32 Å². The van der Waals surface area contributed by atoms with Gasteiger partial charge in [-0.3, -0.25) is 10.1 Å². The number of nitrogens with one attached hydrogen (secondary N) is 1. The van der Waals surface area contributed by atoms with Gasteiger partial charge in [-0.2, -0.15) is 4.98 Å². The fraction of sp³-hybridized carbons (Fsp3) is 0.100. The number of benzene rings is 2. The Morgan fingerprint density at radius 1 is 1.18 bits per heavy atom. The van der Waals surface area contributed by atoms with Crippen molar-refractivity contribution in [2.45, 2.75) is 13.5 Å². The van der Waals surface area contributed by atoms with Gasteiger partial charge in [-0.15, -0.1) is 11.3 Å². The number of aryl methyl sites for hydroxylation is 1. The molecule has 2 aromatic carbocycles. The number of thiazole rings is 1. The molecular formula is C20H16N4O3S. The molecular weight excluding hydrogens is 376 g/mol. The number of aromatic nitrogens is 3. The van der Waals surface area contributed by atoms with Gasteiger partial charge in [0.2, 0.25) is 5.82 Å². The molecule has 0 saturated carbocycles. The summed E-state index contributed by atoms with van der Waals surface area (Å²) in [7, 11) is 0. The van der Waals surface area contributed by atoms with E-state index in [1.807, 2.05) is 31.2 Å². The van der Waals surface area contributed by atoms with Crippen LogP contribution in [0.1, 0.15) is 21.8 Å². The van der Waals surface area contributed by atoms with E-state index in [-0.39, 0.29) is 12.5 Å². The van der Waals surface area contributed by atoms with E-state index in [1.54, 1.807) is 35.8 Å². The van der Waals surface area contributed by atoms with E-state index in [4.69, 9.17) is 9.26 Å². The summed E-state index contributed by atoms with van der Waals surface area (Å²) in [6, 6.07) is 14.8. The van der Waals surface area contributed by atoms with E-state index >= 15 is 0 Å². The van der Waals surface area contributed by atoms with E-state index in [0.29, 0.717) is 28.2 Å². The van der Waals surface area contributed by atoms with Gasteiger partial charge in [0.25, 0.3) is 11.8 Å². The average Bonchev–Trinajstić information content (AvgIpc) is 3.39. The zero-order valence-electron chi connectivity index (χ0n) is 15.0. The molecule has 0 saturated heterocycles. The molecule has 0 spiro atoms. The van der Waals surface area contributed by atoms with Gasteiger partial charge in [0.15, 0.2) is 11.7 Å². The lowest BCUT2D eigenvalue weighted by molar-refractivity contribution is 0.102. The second-order valence-corrected chi connectivity index (χ2v) is 6.85. The number of anilines is 1. The smallest absolute Gasteiger partial charge is 0.264 e. The van der Waals surface area contributed by atoms with E-state index in [9.17, 15) is 4.79 Å². The lowest BCUT2D eigenvalue weighted by Gasteiger charge is -2.09. The number of hydrogen-bond donors (Lipinski definition) is 1. The molecule has 0 aliphatic rings. The molecule has 0 atom stereocenters. The van der Waals surface area contributed by atoms with Crippen LogP contribution in [0.25, 0.3) is 11.4 Å². The van der Waals surface area contributed by atoms with Crippen molar-refractivity contribution in [3.8, 4) is 17.1 Å². The van der Waals surface area contributed by atoms with Crippen molar-refractivity contribution in [3.05, 3.63) is 77.1 Å². The molecule has 1 N–H and O–H groups in total. The van der Waals surface area contributed by atoms with Gasteiger partial charge in [0.05, 0.1) is 5.56 Å². The minimum Gasteiger partial charge on any atom is -0.483 e. The third kappa shape index (κ3) is 4.07. The molecule has 7 nitrogen and oxygen atoms in total. The Morgan fingerprint density at radius 3 is 2.79 bits per heavy atom. The number of nitrogens with zero attached hydrogens (tertiary/aromatic N) is 3. The number of ether oxygens (including phenoxy) is 1. The Morgan fingerprint density at radius 2 is 2.00 bits per heavy atom. The van der Waals surface area contributed by atoms with E-state index in [2.05, 4.69) is 20.4 Å². The maximum Gasteiger partial charge on any atom is 0.264 e. The Kier molecular flexibility index (Phi) is 5.11. The first-order chi connectivity index (χ1) is 13.7. The van der Waals surface area contributed by atoms with Crippen LogP contribution in [0.4, 0.5) is 5.13 Å². The standard InChI is InChI=1S/C20H16N4O3S/c1-13-6-8-14(9-7-13)18-22-17(27-24-18)12-26-16-5-3-2-4-15(16)19(25)23-20-21-10-11-28-20/h2-11H,12H2,1H3,(H,21,23,25). The Balaban J connectivity index is 1.45. The molecule has 4 rings (SSSR count). The first-order valence-corrected chi connectivity index (χ1v) is 9.39. The quantitative estimate of drug-likeness (QED) is 0.525. The SMILES string of the molecule is Cc1ccc(-c2noc(COc3ccccc3C(=O)Nc3nccs3)n2)cc1. The summed E-state index contributed by atoms with van der Waals surface area (Å²) in [6.07, 6.45) is 1.63. The highest BCUT2D eigenvalue weighted by Crippen LogP contribution is 2.22. The number of hydrogen-bond acceptors (Lipinski definition) is 7. The van der Waals surface area contributed by atoms with Gasteiger partial charge in [-0.1, -0.05) is 47.1 Å². The molecule has 0 aliphatic heterocycles. The Bertz CT molecular complexity index is 1080. The summed E-state index contributed by atoms with van der Waals surface area (Å²) in [5.74, 6) is 0.946. The second-order valence-electron chi connectivity index (χ2n) is 5.95. The third-order valence-electron chi connectivity index (χ3n) is 3.91. The van der Waals surface area contributed by atoms with Crippen LogP contribution in [0.5, 0.6) is 5.75 Å². The predicted octanol–water partition coefficient (Wildman–Crippen LogP) is 4.33. The van der Waals surface area contributed by atoms with Crippen molar-refractivity contribution in [3.63, 3.8) is 0 Å². The summed E-state index contributed by atoms with van der Waals surface area (Å²) < 4.78 is 11.0. The van der Waals surface area contributed by atoms with E-state index < -0.39 is 0 Å². The summed E-state index contributed by atoms with van der Waals surface area (Å²) in [4.78, 5) is 20.9. The van der Waals surface area contributed by atoms with Crippen LogP contribution in [0.15, 0.2) is 64.6 Å². The third-order valence-corrected chi connectivity index (χ3v) is 4.60. The van der Waals surface area contributed by atoms with Crippen LogP contribution in [-0.2, 0) is 6.61 Å². The number of para-hydroxylation sites is 1. The van der Waals surface area contributed by atoms with Gasteiger partial charge in [-0.25, -0.2) is 4.98 Å². The van der Waals surface area contributed by atoms with Crippen LogP contribution in [0.3, 0.4) is 0 Å². The zero-order valence-corrected chi connectivity index (χ0v) is 15.8. The number of amides is 1. The maximum atomic E-state index is 12.5. The molecule has 0 unspecified atom stereocenters. The topological polar surface area (TPSA) is 90.1 Å². The molecule has 28 heavy (non-hydrogen) atoms. The first-order valence-electron chi connectivity index (χ1n) is 8.51. The van der Waals surface area contributed by atoms with E-state index in [1.165, 1.54) is 11.3 Å². The van der Waals surface area contributed by atoms with Crippen molar-refractivity contribution >= 4 is 22.4 Å². The molecule has 0 aliphatic carbocycles. The first kappa shape index (κ1) is 17.9. The van der Waals surface area contributed by atoms with Gasteiger partial charge in [0, 0.05) is 17.1 Å². The van der Waals surface area contributed by atoms with Gasteiger partial charge >= 0.3 is 0 Å². The fourth-order valence-electron chi connectivity index (χ4n) is 2.50. The predicted molar refractivity (Wildman–Crippen MR) is 105 cm³/mol.